The Bertz CT molecular complexity index is 1070. The minimum Gasteiger partial charge on any atom is -0.379 e. The van der Waals surface area contributed by atoms with Crippen molar-refractivity contribution in [3.63, 3.8) is 0 Å². The van der Waals surface area contributed by atoms with E-state index < -0.39 is 5.82 Å². The first kappa shape index (κ1) is 23.0. The number of halogens is 2. The van der Waals surface area contributed by atoms with E-state index in [4.69, 9.17) is 16.3 Å². The first-order chi connectivity index (χ1) is 14.5. The smallest absolute Gasteiger partial charge is 0.271 e. The van der Waals surface area contributed by atoms with Gasteiger partial charge in [0, 0.05) is 31.1 Å². The van der Waals surface area contributed by atoms with E-state index in [9.17, 15) is 9.18 Å². The van der Waals surface area contributed by atoms with Crippen molar-refractivity contribution < 1.29 is 13.9 Å². The van der Waals surface area contributed by atoms with Gasteiger partial charge in [-0.3, -0.25) is 9.36 Å². The van der Waals surface area contributed by atoms with E-state index in [-0.39, 0.29) is 42.7 Å². The van der Waals surface area contributed by atoms with Crippen molar-refractivity contribution in [1.29, 1.82) is 0 Å². The molecule has 1 atom stereocenters. The molecule has 1 fully saturated rings. The molecule has 1 amide bonds. The number of nitrogens with one attached hydrogen (secondary N) is 2. The fourth-order valence-electron chi connectivity index (χ4n) is 3.07. The van der Waals surface area contributed by atoms with Crippen LogP contribution in [-0.2, 0) is 11.3 Å². The van der Waals surface area contributed by atoms with Gasteiger partial charge in [0.15, 0.2) is 0 Å². The Morgan fingerprint density at radius 2 is 2.23 bits per heavy atom. The Kier molecular flexibility index (Phi) is 7.47. The molecule has 0 unspecified atom stereocenters. The molecule has 0 saturated carbocycles. The summed E-state index contributed by atoms with van der Waals surface area (Å²) in [6, 6.07) is 4.57. The molecule has 8 nitrogen and oxygen atoms in total. The molecule has 0 aliphatic carbocycles. The summed E-state index contributed by atoms with van der Waals surface area (Å²) in [6.07, 6.45) is 5.74. The van der Waals surface area contributed by atoms with Gasteiger partial charge in [0.25, 0.3) is 5.91 Å². The van der Waals surface area contributed by atoms with Crippen LogP contribution in [0, 0.1) is 12.7 Å². The number of hydrogen-bond acceptors (Lipinski definition) is 6. The van der Waals surface area contributed by atoms with Crippen molar-refractivity contribution in [2.75, 3.05) is 18.5 Å². The number of ether oxygens (including phenoxy) is 1. The van der Waals surface area contributed by atoms with Crippen LogP contribution in [0.15, 0.2) is 36.9 Å². The van der Waals surface area contributed by atoms with Gasteiger partial charge in [-0.2, -0.15) is 18.5 Å². The van der Waals surface area contributed by atoms with Gasteiger partial charge in [0.1, 0.15) is 23.7 Å². The number of imidazole rings is 1. The van der Waals surface area contributed by atoms with Crippen molar-refractivity contribution in [2.45, 2.75) is 25.9 Å². The molecule has 11 heteroatoms. The highest BCUT2D eigenvalue weighted by atomic mass is 35.5. The molecular formula is C20H22ClFN6O2S. The summed E-state index contributed by atoms with van der Waals surface area (Å²) in [5.41, 5.74) is 1.66. The van der Waals surface area contributed by atoms with Crippen LogP contribution >= 0.6 is 25.1 Å². The summed E-state index contributed by atoms with van der Waals surface area (Å²) in [7, 11) is 0. The summed E-state index contributed by atoms with van der Waals surface area (Å²) in [5.74, 6) is 0.214. The Balaban J connectivity index is 0.00000272. The number of anilines is 1. The van der Waals surface area contributed by atoms with E-state index in [1.165, 1.54) is 18.5 Å². The SMILES string of the molecule is Cc1cnc(N[C@H]2CCOC2)nc1-n1cnc(C(=O)NCc2ccc(Cl)c(F)c2)c1.S. The van der Waals surface area contributed by atoms with Crippen LogP contribution < -0.4 is 10.6 Å². The van der Waals surface area contributed by atoms with Crippen LogP contribution in [-0.4, -0.2) is 44.7 Å². The van der Waals surface area contributed by atoms with Crippen LogP contribution in [0.25, 0.3) is 5.82 Å². The molecule has 1 saturated heterocycles. The van der Waals surface area contributed by atoms with Crippen molar-refractivity contribution in [2.24, 2.45) is 0 Å². The van der Waals surface area contributed by atoms with Crippen LogP contribution in [0.4, 0.5) is 10.3 Å². The van der Waals surface area contributed by atoms with Gasteiger partial charge in [-0.15, -0.1) is 0 Å². The molecular weight excluding hydrogens is 443 g/mol. The maximum Gasteiger partial charge on any atom is 0.271 e. The maximum absolute atomic E-state index is 13.5. The molecule has 2 N–H and O–H groups in total. The Morgan fingerprint density at radius 1 is 1.39 bits per heavy atom. The maximum atomic E-state index is 13.5. The number of carbonyl (C=O) groups excluding carboxylic acids is 1. The van der Waals surface area contributed by atoms with Gasteiger partial charge in [-0.05, 0) is 31.0 Å². The fraction of sp³-hybridized carbons (Fsp3) is 0.300. The van der Waals surface area contributed by atoms with E-state index in [1.807, 2.05) is 6.92 Å². The van der Waals surface area contributed by atoms with Crippen LogP contribution in [0.1, 0.15) is 28.0 Å². The highest BCUT2D eigenvalue weighted by Gasteiger charge is 2.18. The first-order valence-corrected chi connectivity index (χ1v) is 9.82. The van der Waals surface area contributed by atoms with E-state index in [2.05, 4.69) is 25.6 Å². The van der Waals surface area contributed by atoms with Crippen molar-refractivity contribution in [3.05, 3.63) is 64.6 Å². The molecule has 4 rings (SSSR count). The van der Waals surface area contributed by atoms with E-state index >= 15 is 0 Å². The number of aromatic nitrogens is 4. The fourth-order valence-corrected chi connectivity index (χ4v) is 3.19. The van der Waals surface area contributed by atoms with Gasteiger partial charge >= 0.3 is 0 Å². The van der Waals surface area contributed by atoms with Crippen LogP contribution in [0.2, 0.25) is 5.02 Å². The zero-order valence-electron chi connectivity index (χ0n) is 16.7. The highest BCUT2D eigenvalue weighted by Crippen LogP contribution is 2.17. The summed E-state index contributed by atoms with van der Waals surface area (Å²) in [5, 5.41) is 6.01. The molecule has 0 bridgehead atoms. The predicted molar refractivity (Wildman–Crippen MR) is 120 cm³/mol. The third-order valence-corrected chi connectivity index (χ3v) is 5.01. The number of nitrogens with zero attached hydrogens (tertiary/aromatic N) is 4. The van der Waals surface area contributed by atoms with E-state index in [0.717, 1.165) is 18.6 Å². The second-order valence-corrected chi connectivity index (χ2v) is 7.41. The zero-order chi connectivity index (χ0) is 21.1. The number of benzene rings is 1. The summed E-state index contributed by atoms with van der Waals surface area (Å²) in [4.78, 5) is 25.5. The van der Waals surface area contributed by atoms with Crippen molar-refractivity contribution in [3.8, 4) is 5.82 Å². The minimum absolute atomic E-state index is 0. The molecule has 0 spiro atoms. The molecule has 2 aromatic heterocycles. The molecule has 3 aromatic rings. The first-order valence-electron chi connectivity index (χ1n) is 9.44. The van der Waals surface area contributed by atoms with Crippen molar-refractivity contribution >= 4 is 37.0 Å². The average molecular weight is 465 g/mol. The topological polar surface area (TPSA) is 94.0 Å². The second kappa shape index (κ2) is 10.1. The quantitative estimate of drug-likeness (QED) is 0.582. The molecule has 1 aromatic carbocycles. The van der Waals surface area contributed by atoms with Gasteiger partial charge in [-0.25, -0.2) is 14.4 Å². The number of rotatable bonds is 6. The van der Waals surface area contributed by atoms with E-state index in [1.54, 1.807) is 23.0 Å². The lowest BCUT2D eigenvalue weighted by atomic mass is 10.2. The molecule has 164 valence electrons. The van der Waals surface area contributed by atoms with Gasteiger partial charge in [-0.1, -0.05) is 17.7 Å². The molecule has 0 radical (unpaired) electrons. The molecule has 1 aliphatic rings. The predicted octanol–water partition coefficient (Wildman–Crippen LogP) is 3.01. The van der Waals surface area contributed by atoms with Crippen LogP contribution in [0.5, 0.6) is 0 Å². The number of hydrogen-bond donors (Lipinski definition) is 2. The lowest BCUT2D eigenvalue weighted by Gasteiger charge is -2.12. The van der Waals surface area contributed by atoms with Gasteiger partial charge < -0.3 is 15.4 Å². The zero-order valence-corrected chi connectivity index (χ0v) is 18.5. The lowest BCUT2D eigenvalue weighted by Crippen LogP contribution is -2.23. The third-order valence-electron chi connectivity index (χ3n) is 4.70. The Hall–Kier alpha value is -2.69. The van der Waals surface area contributed by atoms with Gasteiger partial charge in [0.05, 0.1) is 17.7 Å². The monoisotopic (exact) mass is 464 g/mol. The standard InChI is InChI=1S/C20H20ClFN6O2.H2S/c1-12-7-24-20(26-14-4-5-30-10-14)27-18(12)28-9-17(25-11-28)19(29)23-8-13-2-3-15(21)16(22)6-13;/h2-3,6-7,9,11,14H,4-5,8,10H2,1H3,(H,23,29)(H,24,26,27);1H2/t14-;/m0./s1. The summed E-state index contributed by atoms with van der Waals surface area (Å²) < 4.78 is 20.6. The van der Waals surface area contributed by atoms with E-state index in [0.29, 0.717) is 23.9 Å². The van der Waals surface area contributed by atoms with Crippen LogP contribution in [0.3, 0.4) is 0 Å². The summed E-state index contributed by atoms with van der Waals surface area (Å²) in [6.45, 7) is 3.38. The number of carbonyl (C=O) groups is 1. The highest BCUT2D eigenvalue weighted by molar-refractivity contribution is 7.59. The Labute approximate surface area is 190 Å². The molecule has 3 heterocycles. The molecule has 31 heavy (non-hydrogen) atoms. The largest absolute Gasteiger partial charge is 0.379 e. The average Bonchev–Trinajstić information content (AvgIpc) is 3.42. The summed E-state index contributed by atoms with van der Waals surface area (Å²) >= 11 is 5.68. The Morgan fingerprint density at radius 3 is 2.97 bits per heavy atom. The van der Waals surface area contributed by atoms with Gasteiger partial charge in [0.2, 0.25) is 5.95 Å². The third kappa shape index (κ3) is 5.52. The minimum atomic E-state index is -0.527. The second-order valence-electron chi connectivity index (χ2n) is 7.00. The normalized spacial score (nSPS) is 15.4. The number of aryl methyl sites for hydroxylation is 1. The van der Waals surface area contributed by atoms with Crippen molar-refractivity contribution in [1.82, 2.24) is 24.8 Å². The lowest BCUT2D eigenvalue weighted by molar-refractivity contribution is 0.0946. The number of amides is 1. The molecule has 1 aliphatic heterocycles.